The first-order valence-corrected chi connectivity index (χ1v) is 12.1. The number of fused-ring (bicyclic) bond motifs is 1. The molecule has 1 aliphatic rings. The van der Waals surface area contributed by atoms with Gasteiger partial charge in [0.1, 0.15) is 28.6 Å². The summed E-state index contributed by atoms with van der Waals surface area (Å²) in [5.74, 6) is -0.362. The van der Waals surface area contributed by atoms with Crippen molar-refractivity contribution in [3.05, 3.63) is 69.4 Å². The Kier molecular flexibility index (Phi) is 6.13. The molecule has 1 fully saturated rings. The van der Waals surface area contributed by atoms with Crippen LogP contribution in [-0.2, 0) is 0 Å². The number of benzene rings is 1. The lowest BCUT2D eigenvalue weighted by Gasteiger charge is -2.36. The molecular formula is C23H19BrF2N6OS. The zero-order chi connectivity index (χ0) is 23.8. The third kappa shape index (κ3) is 4.21. The number of aromatic nitrogens is 3. The Morgan fingerprint density at radius 1 is 1.09 bits per heavy atom. The summed E-state index contributed by atoms with van der Waals surface area (Å²) in [6.07, 6.45) is 3.28. The summed E-state index contributed by atoms with van der Waals surface area (Å²) in [5, 5.41) is 3.36. The predicted molar refractivity (Wildman–Crippen MR) is 133 cm³/mol. The number of nitrogens with one attached hydrogen (secondary N) is 1. The minimum atomic E-state index is -0.856. The maximum atomic E-state index is 14.2. The van der Waals surface area contributed by atoms with Crippen molar-refractivity contribution in [2.45, 2.75) is 6.92 Å². The largest absolute Gasteiger partial charge is 0.353 e. The van der Waals surface area contributed by atoms with Gasteiger partial charge in [-0.15, -0.1) is 11.3 Å². The Morgan fingerprint density at radius 3 is 2.56 bits per heavy atom. The quantitative estimate of drug-likeness (QED) is 0.389. The number of piperazine rings is 1. The van der Waals surface area contributed by atoms with Crippen molar-refractivity contribution in [3.8, 4) is 0 Å². The van der Waals surface area contributed by atoms with Gasteiger partial charge in [0.15, 0.2) is 5.82 Å². The Morgan fingerprint density at radius 2 is 1.85 bits per heavy atom. The van der Waals surface area contributed by atoms with Gasteiger partial charge in [0, 0.05) is 42.9 Å². The van der Waals surface area contributed by atoms with Crippen molar-refractivity contribution in [2.75, 3.05) is 41.3 Å². The fourth-order valence-electron chi connectivity index (χ4n) is 4.03. The molecule has 174 valence electrons. The molecule has 1 aromatic carbocycles. The standard InChI is InChI=1S/C23H19BrF2N6OS/c1-13-18-21(32-8-6-31(7-9-32)17-4-2-3-5-27-17)28-12-29-23(18)34-20(13)22(33)30-19-15(24)10-14(25)11-16(19)26/h2-5,10-12H,6-9H2,1H3,(H,30,33). The summed E-state index contributed by atoms with van der Waals surface area (Å²) in [6, 6.07) is 7.69. The SMILES string of the molecule is Cc1c(C(=O)Nc2c(F)cc(F)cc2Br)sc2ncnc(N3CCN(c4ccccn4)CC3)c12. The number of halogens is 3. The number of amides is 1. The van der Waals surface area contributed by atoms with Crippen molar-refractivity contribution < 1.29 is 13.6 Å². The molecule has 0 radical (unpaired) electrons. The van der Waals surface area contributed by atoms with Crippen molar-refractivity contribution in [2.24, 2.45) is 0 Å². The number of nitrogens with zero attached hydrogens (tertiary/aromatic N) is 5. The zero-order valence-corrected chi connectivity index (χ0v) is 20.5. The molecule has 7 nitrogen and oxygen atoms in total. The summed E-state index contributed by atoms with van der Waals surface area (Å²) in [6.45, 7) is 4.90. The second kappa shape index (κ2) is 9.22. The van der Waals surface area contributed by atoms with E-state index in [2.05, 4.69) is 46.0 Å². The van der Waals surface area contributed by atoms with E-state index >= 15 is 0 Å². The number of pyridine rings is 1. The molecule has 1 N–H and O–H groups in total. The molecular weight excluding hydrogens is 526 g/mol. The van der Waals surface area contributed by atoms with Crippen LogP contribution < -0.4 is 15.1 Å². The Labute approximate surface area is 206 Å². The van der Waals surface area contributed by atoms with Crippen LogP contribution in [0.4, 0.5) is 26.1 Å². The van der Waals surface area contributed by atoms with E-state index in [1.807, 2.05) is 25.1 Å². The molecule has 5 rings (SSSR count). The highest BCUT2D eigenvalue weighted by Gasteiger charge is 2.25. The lowest BCUT2D eigenvalue weighted by molar-refractivity contribution is 0.102. The van der Waals surface area contributed by atoms with Gasteiger partial charge in [-0.2, -0.15) is 0 Å². The summed E-state index contributed by atoms with van der Waals surface area (Å²) in [7, 11) is 0. The zero-order valence-electron chi connectivity index (χ0n) is 18.1. The van der Waals surface area contributed by atoms with Gasteiger partial charge in [0.05, 0.1) is 16.0 Å². The van der Waals surface area contributed by atoms with Crippen LogP contribution in [0.15, 0.2) is 47.3 Å². The summed E-state index contributed by atoms with van der Waals surface area (Å²) in [4.78, 5) is 31.8. The molecule has 0 saturated carbocycles. The summed E-state index contributed by atoms with van der Waals surface area (Å²) in [5.41, 5.74) is 0.610. The Balaban J connectivity index is 1.41. The average Bonchev–Trinajstić information content (AvgIpc) is 3.19. The Bertz CT molecular complexity index is 1350. The second-order valence-corrected chi connectivity index (χ2v) is 9.65. The number of carbonyl (C=O) groups is 1. The molecule has 0 aliphatic carbocycles. The van der Waals surface area contributed by atoms with Crippen LogP contribution >= 0.6 is 27.3 Å². The molecule has 4 aromatic rings. The van der Waals surface area contributed by atoms with E-state index in [9.17, 15) is 13.6 Å². The van der Waals surface area contributed by atoms with Crippen LogP contribution in [0.1, 0.15) is 15.2 Å². The van der Waals surface area contributed by atoms with Crippen LogP contribution in [0.3, 0.4) is 0 Å². The number of hydrogen-bond donors (Lipinski definition) is 1. The number of anilines is 3. The minimum absolute atomic E-state index is 0.111. The van der Waals surface area contributed by atoms with Crippen molar-refractivity contribution in [1.29, 1.82) is 0 Å². The van der Waals surface area contributed by atoms with Crippen LogP contribution in [0.2, 0.25) is 0 Å². The number of rotatable bonds is 4. The second-order valence-electron chi connectivity index (χ2n) is 7.79. The molecule has 0 atom stereocenters. The van der Waals surface area contributed by atoms with Crippen LogP contribution in [0.5, 0.6) is 0 Å². The monoisotopic (exact) mass is 544 g/mol. The third-order valence-corrected chi connectivity index (χ3v) is 7.53. The highest BCUT2D eigenvalue weighted by atomic mass is 79.9. The van der Waals surface area contributed by atoms with Gasteiger partial charge >= 0.3 is 0 Å². The predicted octanol–water partition coefficient (Wildman–Crippen LogP) is 5.01. The molecule has 1 aliphatic heterocycles. The molecule has 34 heavy (non-hydrogen) atoms. The van der Waals surface area contributed by atoms with Crippen molar-refractivity contribution in [3.63, 3.8) is 0 Å². The molecule has 0 bridgehead atoms. The van der Waals surface area contributed by atoms with E-state index in [0.29, 0.717) is 9.71 Å². The molecule has 1 saturated heterocycles. The van der Waals surface area contributed by atoms with E-state index in [4.69, 9.17) is 0 Å². The normalized spacial score (nSPS) is 14.0. The smallest absolute Gasteiger partial charge is 0.266 e. The van der Waals surface area contributed by atoms with Gasteiger partial charge < -0.3 is 15.1 Å². The van der Waals surface area contributed by atoms with Crippen molar-refractivity contribution >= 4 is 60.7 Å². The first kappa shape index (κ1) is 22.6. The van der Waals surface area contributed by atoms with E-state index in [1.54, 1.807) is 6.20 Å². The van der Waals surface area contributed by atoms with Crippen LogP contribution in [0.25, 0.3) is 10.2 Å². The number of aryl methyl sites for hydroxylation is 1. The first-order valence-electron chi connectivity index (χ1n) is 10.5. The number of hydrogen-bond acceptors (Lipinski definition) is 7. The van der Waals surface area contributed by atoms with E-state index in [-0.39, 0.29) is 10.2 Å². The van der Waals surface area contributed by atoms with E-state index in [0.717, 1.165) is 60.9 Å². The molecule has 0 unspecified atom stereocenters. The third-order valence-electron chi connectivity index (χ3n) is 5.71. The molecule has 3 aromatic heterocycles. The maximum absolute atomic E-state index is 14.2. The van der Waals surface area contributed by atoms with E-state index in [1.165, 1.54) is 17.7 Å². The lowest BCUT2D eigenvalue weighted by Crippen LogP contribution is -2.47. The highest BCUT2D eigenvalue weighted by Crippen LogP contribution is 2.36. The Hall–Kier alpha value is -3.18. The number of thiophene rings is 1. The van der Waals surface area contributed by atoms with Gasteiger partial charge in [0.2, 0.25) is 0 Å². The molecule has 11 heteroatoms. The van der Waals surface area contributed by atoms with Crippen LogP contribution in [0, 0.1) is 18.6 Å². The fourth-order valence-corrected chi connectivity index (χ4v) is 5.58. The van der Waals surface area contributed by atoms with Crippen molar-refractivity contribution in [1.82, 2.24) is 15.0 Å². The lowest BCUT2D eigenvalue weighted by atomic mass is 10.1. The van der Waals surface area contributed by atoms with Gasteiger partial charge in [-0.05, 0) is 46.6 Å². The molecule has 1 amide bonds. The van der Waals surface area contributed by atoms with Crippen LogP contribution in [-0.4, -0.2) is 47.0 Å². The molecule has 0 spiro atoms. The molecule has 4 heterocycles. The van der Waals surface area contributed by atoms with Gasteiger partial charge in [-0.1, -0.05) is 6.07 Å². The van der Waals surface area contributed by atoms with Gasteiger partial charge in [-0.3, -0.25) is 4.79 Å². The summed E-state index contributed by atoms with van der Waals surface area (Å²) < 4.78 is 27.8. The number of carbonyl (C=O) groups excluding carboxylic acids is 1. The highest BCUT2D eigenvalue weighted by molar-refractivity contribution is 9.10. The minimum Gasteiger partial charge on any atom is -0.353 e. The fraction of sp³-hybridized carbons (Fsp3) is 0.217. The van der Waals surface area contributed by atoms with E-state index < -0.39 is 17.5 Å². The topological polar surface area (TPSA) is 74.2 Å². The maximum Gasteiger partial charge on any atom is 0.266 e. The first-order chi connectivity index (χ1) is 16.4. The summed E-state index contributed by atoms with van der Waals surface area (Å²) >= 11 is 4.33. The average molecular weight is 545 g/mol. The van der Waals surface area contributed by atoms with Gasteiger partial charge in [-0.25, -0.2) is 23.7 Å². The van der Waals surface area contributed by atoms with Gasteiger partial charge in [0.25, 0.3) is 5.91 Å².